The lowest BCUT2D eigenvalue weighted by Gasteiger charge is -2.12. The van der Waals surface area contributed by atoms with E-state index in [0.717, 1.165) is 11.0 Å². The van der Waals surface area contributed by atoms with Gasteiger partial charge in [0, 0.05) is 22.4 Å². The Kier molecular flexibility index (Phi) is 2.77. The summed E-state index contributed by atoms with van der Waals surface area (Å²) in [4.78, 5) is 4.76. The molecule has 134 valence electrons. The third kappa shape index (κ3) is 1.93. The lowest BCUT2D eigenvalue weighted by Crippen LogP contribution is -1.93. The Morgan fingerprint density at radius 2 is 1.28 bits per heavy atom. The molecule has 0 saturated carbocycles. The molecule has 3 aromatic heterocycles. The van der Waals surface area contributed by atoms with Crippen LogP contribution in [0.5, 0.6) is 0 Å². The fourth-order valence-corrected chi connectivity index (χ4v) is 4.86. The van der Waals surface area contributed by atoms with Gasteiger partial charge in [0.25, 0.3) is 0 Å². The second kappa shape index (κ2) is 5.33. The molecule has 0 fully saturated rings. The van der Waals surface area contributed by atoms with Crippen molar-refractivity contribution in [1.29, 1.82) is 0 Å². The third-order valence-electron chi connectivity index (χ3n) is 6.15. The molecule has 0 unspecified atom stereocenters. The molecule has 29 heavy (non-hydrogen) atoms. The predicted octanol–water partition coefficient (Wildman–Crippen LogP) is 7.10. The smallest absolute Gasteiger partial charge is 0.0949 e. The van der Waals surface area contributed by atoms with Gasteiger partial charge in [-0.1, -0.05) is 60.7 Å². The van der Waals surface area contributed by atoms with Crippen LogP contribution in [0.25, 0.3) is 59.8 Å². The summed E-state index contributed by atoms with van der Waals surface area (Å²) >= 11 is 0. The summed E-state index contributed by atoms with van der Waals surface area (Å²) in [5.74, 6) is 0. The van der Waals surface area contributed by atoms with Crippen molar-refractivity contribution >= 4 is 59.8 Å². The van der Waals surface area contributed by atoms with Crippen molar-refractivity contribution in [2.75, 3.05) is 0 Å². The fourth-order valence-electron chi connectivity index (χ4n) is 4.86. The molecule has 7 rings (SSSR count). The summed E-state index contributed by atoms with van der Waals surface area (Å²) in [5.41, 5.74) is 4.66. The van der Waals surface area contributed by atoms with Gasteiger partial charge in [0.15, 0.2) is 0 Å². The minimum atomic E-state index is 1.05. The highest BCUT2D eigenvalue weighted by atomic mass is 14.9. The van der Waals surface area contributed by atoms with Gasteiger partial charge in [0.05, 0.1) is 22.1 Å². The first-order valence-corrected chi connectivity index (χ1v) is 9.91. The number of pyridine rings is 2. The zero-order valence-corrected chi connectivity index (χ0v) is 15.6. The highest BCUT2D eigenvalue weighted by Gasteiger charge is 2.14. The number of hydrogen-bond acceptors (Lipinski definition) is 1. The first-order valence-electron chi connectivity index (χ1n) is 9.91. The van der Waals surface area contributed by atoms with Crippen LogP contribution in [-0.2, 0) is 0 Å². The Morgan fingerprint density at radius 3 is 2.24 bits per heavy atom. The lowest BCUT2D eigenvalue weighted by molar-refractivity contribution is 1.32. The number of nitrogens with zero attached hydrogens (tertiary/aromatic N) is 2. The standard InChI is InChI=1S/C27H16N2/c1-3-8-20-17(6-1)11-12-18-14-23-21-9-5-13-28-27(21)26-15-19-7-2-4-10-24(19)29(26)25(23)16-22(18)20/h1-16H. The molecule has 0 N–H and O–H groups in total. The van der Waals surface area contributed by atoms with Crippen LogP contribution in [0.15, 0.2) is 97.2 Å². The van der Waals surface area contributed by atoms with Crippen molar-refractivity contribution < 1.29 is 0 Å². The monoisotopic (exact) mass is 368 g/mol. The quantitative estimate of drug-likeness (QED) is 0.206. The van der Waals surface area contributed by atoms with E-state index in [4.69, 9.17) is 4.98 Å². The highest BCUT2D eigenvalue weighted by Crippen LogP contribution is 2.36. The summed E-state index contributed by atoms with van der Waals surface area (Å²) in [6.07, 6.45) is 1.89. The van der Waals surface area contributed by atoms with Gasteiger partial charge in [0.1, 0.15) is 0 Å². The van der Waals surface area contributed by atoms with Gasteiger partial charge < -0.3 is 4.40 Å². The van der Waals surface area contributed by atoms with Crippen LogP contribution in [0.2, 0.25) is 0 Å². The molecule has 0 bridgehead atoms. The number of benzene rings is 4. The summed E-state index contributed by atoms with van der Waals surface area (Å²) < 4.78 is 2.38. The second-order valence-electron chi connectivity index (χ2n) is 7.70. The first kappa shape index (κ1) is 15.1. The van der Waals surface area contributed by atoms with Gasteiger partial charge in [-0.2, -0.15) is 0 Å². The molecule has 0 aliphatic heterocycles. The van der Waals surface area contributed by atoms with Crippen molar-refractivity contribution in [3.8, 4) is 0 Å². The van der Waals surface area contributed by atoms with Crippen LogP contribution in [-0.4, -0.2) is 9.38 Å². The maximum atomic E-state index is 4.76. The Morgan fingerprint density at radius 1 is 0.483 bits per heavy atom. The molecule has 0 aliphatic carbocycles. The van der Waals surface area contributed by atoms with Crippen molar-refractivity contribution in [1.82, 2.24) is 9.38 Å². The van der Waals surface area contributed by atoms with E-state index in [2.05, 4.69) is 89.3 Å². The largest absolute Gasteiger partial charge is 0.307 e. The summed E-state index contributed by atoms with van der Waals surface area (Å²) in [6, 6.07) is 32.8. The van der Waals surface area contributed by atoms with Gasteiger partial charge in [0.2, 0.25) is 0 Å². The number of para-hydroxylation sites is 1. The number of aromatic nitrogens is 2. The van der Waals surface area contributed by atoms with Gasteiger partial charge >= 0.3 is 0 Å². The van der Waals surface area contributed by atoms with Crippen LogP contribution in [0.1, 0.15) is 0 Å². The van der Waals surface area contributed by atoms with E-state index in [1.165, 1.54) is 48.7 Å². The van der Waals surface area contributed by atoms with Crippen molar-refractivity contribution in [3.63, 3.8) is 0 Å². The molecule has 0 atom stereocenters. The molecule has 0 radical (unpaired) electrons. The maximum Gasteiger partial charge on any atom is 0.0949 e. The van der Waals surface area contributed by atoms with E-state index in [-0.39, 0.29) is 0 Å². The van der Waals surface area contributed by atoms with Crippen LogP contribution >= 0.6 is 0 Å². The van der Waals surface area contributed by atoms with Crippen LogP contribution in [0.3, 0.4) is 0 Å². The molecule has 7 aromatic rings. The normalized spacial score (nSPS) is 12.1. The average Bonchev–Trinajstić information content (AvgIpc) is 3.18. The van der Waals surface area contributed by atoms with Crippen molar-refractivity contribution in [3.05, 3.63) is 97.2 Å². The van der Waals surface area contributed by atoms with Gasteiger partial charge in [-0.05, 0) is 51.9 Å². The van der Waals surface area contributed by atoms with E-state index in [1.54, 1.807) is 0 Å². The zero-order chi connectivity index (χ0) is 18.9. The number of hydrogen-bond donors (Lipinski definition) is 0. The number of rotatable bonds is 0. The molecule has 2 nitrogen and oxygen atoms in total. The molecule has 0 aliphatic rings. The number of fused-ring (bicyclic) bond motifs is 11. The summed E-state index contributed by atoms with van der Waals surface area (Å²) in [6.45, 7) is 0. The van der Waals surface area contributed by atoms with Crippen LogP contribution in [0, 0.1) is 0 Å². The van der Waals surface area contributed by atoms with Crippen LogP contribution < -0.4 is 0 Å². The van der Waals surface area contributed by atoms with E-state index in [9.17, 15) is 0 Å². The van der Waals surface area contributed by atoms with Gasteiger partial charge in [-0.3, -0.25) is 4.98 Å². The second-order valence-corrected chi connectivity index (χ2v) is 7.70. The molecule has 4 aromatic carbocycles. The van der Waals surface area contributed by atoms with Crippen LogP contribution in [0.4, 0.5) is 0 Å². The lowest BCUT2D eigenvalue weighted by atomic mass is 9.98. The molecule has 0 saturated heterocycles. The fraction of sp³-hybridized carbons (Fsp3) is 0. The molecular weight excluding hydrogens is 352 g/mol. The Balaban J connectivity index is 1.84. The molecule has 2 heteroatoms. The maximum absolute atomic E-state index is 4.76. The zero-order valence-electron chi connectivity index (χ0n) is 15.6. The Labute approximate surface area is 166 Å². The van der Waals surface area contributed by atoms with Gasteiger partial charge in [-0.25, -0.2) is 0 Å². The van der Waals surface area contributed by atoms with E-state index in [1.807, 2.05) is 12.3 Å². The van der Waals surface area contributed by atoms with E-state index >= 15 is 0 Å². The molecule has 0 amide bonds. The minimum Gasteiger partial charge on any atom is -0.307 e. The molecule has 0 spiro atoms. The summed E-state index contributed by atoms with van der Waals surface area (Å²) in [7, 11) is 0. The third-order valence-corrected chi connectivity index (χ3v) is 6.15. The SMILES string of the molecule is c1ccc2c(c1)ccc1cc3c4cccnc4c4cc5ccccc5n4c3cc12. The van der Waals surface area contributed by atoms with Gasteiger partial charge in [-0.15, -0.1) is 0 Å². The average molecular weight is 368 g/mol. The first-order chi connectivity index (χ1) is 14.4. The van der Waals surface area contributed by atoms with Crippen molar-refractivity contribution in [2.24, 2.45) is 0 Å². The minimum absolute atomic E-state index is 1.05. The topological polar surface area (TPSA) is 17.3 Å². The predicted molar refractivity (Wildman–Crippen MR) is 123 cm³/mol. The summed E-state index contributed by atoms with van der Waals surface area (Å²) in [5, 5.41) is 8.80. The molecular formula is C27H16N2. The highest BCUT2D eigenvalue weighted by molar-refractivity contribution is 6.19. The van der Waals surface area contributed by atoms with Crippen molar-refractivity contribution in [2.45, 2.75) is 0 Å². The molecule has 3 heterocycles. The Bertz CT molecular complexity index is 1760. The Hall–Kier alpha value is -3.91. The van der Waals surface area contributed by atoms with E-state index in [0.29, 0.717) is 0 Å². The van der Waals surface area contributed by atoms with E-state index < -0.39 is 0 Å².